The summed E-state index contributed by atoms with van der Waals surface area (Å²) in [6, 6.07) is 1.49. The fraction of sp³-hybridized carbons (Fsp3) is 0.300. The average molecular weight is 409 g/mol. The number of nitrogens with one attached hydrogen (secondary N) is 2. The third kappa shape index (κ3) is 3.00. The molecule has 5 rings (SSSR count). The molecule has 0 aliphatic carbocycles. The monoisotopic (exact) mass is 409 g/mol. The third-order valence-electron chi connectivity index (χ3n) is 5.41. The van der Waals surface area contributed by atoms with Gasteiger partial charge in [-0.15, -0.1) is 0 Å². The first-order chi connectivity index (χ1) is 14.5. The van der Waals surface area contributed by atoms with E-state index < -0.39 is 5.82 Å². The summed E-state index contributed by atoms with van der Waals surface area (Å²) >= 11 is 0. The maximum Gasteiger partial charge on any atom is 0.228 e. The number of ether oxygens (including phenoxy) is 1. The van der Waals surface area contributed by atoms with Crippen LogP contribution in [0.15, 0.2) is 30.9 Å². The van der Waals surface area contributed by atoms with E-state index in [0.29, 0.717) is 47.8 Å². The Labute approximate surface area is 170 Å². The molecule has 1 aliphatic rings. The number of imidazole rings is 1. The molecule has 9 nitrogen and oxygen atoms in total. The highest BCUT2D eigenvalue weighted by Gasteiger charge is 2.24. The lowest BCUT2D eigenvalue weighted by Gasteiger charge is -2.30. The van der Waals surface area contributed by atoms with Crippen LogP contribution in [0.1, 0.15) is 12.8 Å². The van der Waals surface area contributed by atoms with Gasteiger partial charge in [0.1, 0.15) is 5.65 Å². The number of pyridine rings is 1. The largest absolute Gasteiger partial charge is 0.480 e. The fourth-order valence-electron chi connectivity index (χ4n) is 3.89. The highest BCUT2D eigenvalue weighted by molar-refractivity contribution is 5.97. The maximum atomic E-state index is 14.4. The number of H-pyrrole nitrogens is 1. The van der Waals surface area contributed by atoms with Crippen LogP contribution in [-0.2, 0) is 4.79 Å². The summed E-state index contributed by atoms with van der Waals surface area (Å²) in [7, 11) is 3.32. The Bertz CT molecular complexity index is 1260. The van der Waals surface area contributed by atoms with Crippen molar-refractivity contribution >= 4 is 28.5 Å². The number of likely N-dealkylation sites (tertiary alicyclic amines) is 1. The Balaban J connectivity index is 1.53. The van der Waals surface area contributed by atoms with Gasteiger partial charge in [0.2, 0.25) is 17.7 Å². The van der Waals surface area contributed by atoms with Crippen LogP contribution in [0.25, 0.3) is 27.8 Å². The average Bonchev–Trinajstić information content (AvgIpc) is 3.37. The summed E-state index contributed by atoms with van der Waals surface area (Å²) in [5, 5.41) is 3.95. The van der Waals surface area contributed by atoms with E-state index >= 15 is 0 Å². The summed E-state index contributed by atoms with van der Waals surface area (Å²) in [5.74, 6) is 0.515. The quantitative estimate of drug-likeness (QED) is 0.537. The minimum Gasteiger partial charge on any atom is -0.480 e. The molecule has 0 radical (unpaired) electrons. The topological polar surface area (TPSA) is 100 Å². The number of halogens is 1. The first-order valence-corrected chi connectivity index (χ1v) is 9.59. The van der Waals surface area contributed by atoms with Crippen molar-refractivity contribution in [3.8, 4) is 17.0 Å². The third-order valence-corrected chi connectivity index (χ3v) is 5.41. The van der Waals surface area contributed by atoms with Crippen molar-refractivity contribution in [2.75, 3.05) is 26.0 Å². The molecule has 1 unspecified atom stereocenters. The van der Waals surface area contributed by atoms with Gasteiger partial charge < -0.3 is 24.3 Å². The summed E-state index contributed by atoms with van der Waals surface area (Å²) in [5.41, 5.74) is 2.22. The molecule has 10 heteroatoms. The van der Waals surface area contributed by atoms with E-state index in [0.717, 1.165) is 5.56 Å². The van der Waals surface area contributed by atoms with E-state index in [1.165, 1.54) is 13.2 Å². The molecule has 2 N–H and O–H groups in total. The molecule has 4 aromatic rings. The predicted octanol–water partition coefficient (Wildman–Crippen LogP) is 2.45. The number of piperidine rings is 1. The van der Waals surface area contributed by atoms with Gasteiger partial charge in [0, 0.05) is 62.0 Å². The first kappa shape index (κ1) is 18.3. The Morgan fingerprint density at radius 3 is 3.03 bits per heavy atom. The van der Waals surface area contributed by atoms with Crippen LogP contribution in [0.2, 0.25) is 0 Å². The van der Waals surface area contributed by atoms with Crippen LogP contribution in [0.5, 0.6) is 5.88 Å². The molecule has 1 aliphatic heterocycles. The van der Waals surface area contributed by atoms with Gasteiger partial charge in [-0.2, -0.15) is 9.97 Å². The van der Waals surface area contributed by atoms with Gasteiger partial charge in [-0.25, -0.2) is 9.37 Å². The van der Waals surface area contributed by atoms with Crippen molar-refractivity contribution in [1.82, 2.24) is 29.2 Å². The molecule has 30 heavy (non-hydrogen) atoms. The lowest BCUT2D eigenvalue weighted by molar-refractivity contribution is -0.132. The van der Waals surface area contributed by atoms with Crippen LogP contribution in [0.3, 0.4) is 0 Å². The van der Waals surface area contributed by atoms with Gasteiger partial charge in [0.05, 0.1) is 12.5 Å². The van der Waals surface area contributed by atoms with Gasteiger partial charge in [0.15, 0.2) is 11.5 Å². The molecule has 1 atom stereocenters. The Hall–Kier alpha value is -3.69. The number of nitrogens with zero attached hydrogens (tertiary/aromatic N) is 5. The molecule has 0 saturated carbocycles. The lowest BCUT2D eigenvalue weighted by Crippen LogP contribution is -2.43. The van der Waals surface area contributed by atoms with Crippen LogP contribution >= 0.6 is 0 Å². The van der Waals surface area contributed by atoms with Crippen LogP contribution in [0, 0.1) is 5.82 Å². The van der Waals surface area contributed by atoms with Gasteiger partial charge in [-0.05, 0) is 12.5 Å². The Morgan fingerprint density at radius 2 is 2.23 bits per heavy atom. The molecule has 1 amide bonds. The standard InChI is InChI=1S/C20H20FN7O2/c1-27-10-12(3-4-15(27)29)24-20-25-17-16(19(26-20)30-2)13(8-23-17)11-7-14(21)18-22-5-6-28(18)9-11/h5-9,12H,3-4,10H2,1-2H3,(H2,23,24,25,26). The molecular formula is C20H20FN7O2. The molecule has 1 fully saturated rings. The fourth-order valence-corrected chi connectivity index (χ4v) is 3.89. The SMILES string of the molecule is COc1nc(NC2CCC(=O)N(C)C2)nc2[nH]cc(-c3cc(F)c4nccn4c3)c12. The van der Waals surface area contributed by atoms with Gasteiger partial charge in [0.25, 0.3) is 0 Å². The van der Waals surface area contributed by atoms with Crippen molar-refractivity contribution < 1.29 is 13.9 Å². The zero-order valence-electron chi connectivity index (χ0n) is 16.5. The molecule has 154 valence electrons. The van der Waals surface area contributed by atoms with Crippen LogP contribution < -0.4 is 10.1 Å². The number of aromatic amines is 1. The molecule has 0 aromatic carbocycles. The van der Waals surface area contributed by atoms with E-state index in [-0.39, 0.29) is 17.6 Å². The smallest absolute Gasteiger partial charge is 0.228 e. The van der Waals surface area contributed by atoms with E-state index in [4.69, 9.17) is 4.74 Å². The van der Waals surface area contributed by atoms with Crippen molar-refractivity contribution in [2.24, 2.45) is 0 Å². The minimum atomic E-state index is -0.416. The summed E-state index contributed by atoms with van der Waals surface area (Å²) < 4.78 is 21.6. The second kappa shape index (κ2) is 6.97. The second-order valence-corrected chi connectivity index (χ2v) is 7.37. The van der Waals surface area contributed by atoms with Crippen molar-refractivity contribution in [2.45, 2.75) is 18.9 Å². The zero-order valence-corrected chi connectivity index (χ0v) is 16.5. The van der Waals surface area contributed by atoms with Gasteiger partial charge >= 0.3 is 0 Å². The minimum absolute atomic E-state index is 0.0574. The first-order valence-electron chi connectivity index (χ1n) is 9.59. The van der Waals surface area contributed by atoms with E-state index in [2.05, 4.69) is 25.3 Å². The summed E-state index contributed by atoms with van der Waals surface area (Å²) in [6.07, 6.45) is 8.01. The molecule has 4 aromatic heterocycles. The maximum absolute atomic E-state index is 14.4. The van der Waals surface area contributed by atoms with Crippen LogP contribution in [-0.4, -0.2) is 61.9 Å². The number of rotatable bonds is 4. The number of carbonyl (C=O) groups is 1. The summed E-state index contributed by atoms with van der Waals surface area (Å²) in [4.78, 5) is 29.6. The van der Waals surface area contributed by atoms with Gasteiger partial charge in [-0.1, -0.05) is 0 Å². The lowest BCUT2D eigenvalue weighted by atomic mass is 10.1. The molecular weight excluding hydrogens is 389 g/mol. The van der Waals surface area contributed by atoms with Crippen molar-refractivity contribution in [3.63, 3.8) is 0 Å². The molecule has 5 heterocycles. The van der Waals surface area contributed by atoms with Crippen molar-refractivity contribution in [3.05, 3.63) is 36.7 Å². The number of aromatic nitrogens is 5. The zero-order chi connectivity index (χ0) is 20.8. The second-order valence-electron chi connectivity index (χ2n) is 7.37. The number of likely N-dealkylation sites (N-methyl/N-ethyl adjacent to an activating group) is 1. The molecule has 0 bridgehead atoms. The number of methoxy groups -OCH3 is 1. The van der Waals surface area contributed by atoms with Crippen LogP contribution in [0.4, 0.5) is 10.3 Å². The van der Waals surface area contributed by atoms with E-state index in [1.54, 1.807) is 41.1 Å². The van der Waals surface area contributed by atoms with E-state index in [1.807, 2.05) is 0 Å². The number of carbonyl (C=O) groups excluding carboxylic acids is 1. The number of hydrogen-bond donors (Lipinski definition) is 2. The normalized spacial score (nSPS) is 17.1. The number of anilines is 1. The predicted molar refractivity (Wildman–Crippen MR) is 109 cm³/mol. The highest BCUT2D eigenvalue weighted by atomic mass is 19.1. The van der Waals surface area contributed by atoms with Gasteiger partial charge in [-0.3, -0.25) is 4.79 Å². The summed E-state index contributed by atoms with van der Waals surface area (Å²) in [6.45, 7) is 0.586. The molecule has 1 saturated heterocycles. The van der Waals surface area contributed by atoms with E-state index in [9.17, 15) is 9.18 Å². The number of hydrogen-bond acceptors (Lipinski definition) is 6. The molecule has 0 spiro atoms. The Morgan fingerprint density at radius 1 is 1.37 bits per heavy atom. The Kier molecular flexibility index (Phi) is 4.27. The highest BCUT2D eigenvalue weighted by Crippen LogP contribution is 2.35. The number of amides is 1. The number of fused-ring (bicyclic) bond motifs is 2. The van der Waals surface area contributed by atoms with Crippen molar-refractivity contribution in [1.29, 1.82) is 0 Å².